The van der Waals surface area contributed by atoms with Crippen molar-refractivity contribution in [3.63, 3.8) is 0 Å². The fourth-order valence-corrected chi connectivity index (χ4v) is 3.88. The molecule has 2 aliphatic rings. The van der Waals surface area contributed by atoms with Gasteiger partial charge >= 0.3 is 0 Å². The number of hydrogen-bond donors (Lipinski definition) is 0. The Labute approximate surface area is 125 Å². The molecular weight excluding hydrogens is 269 g/mol. The van der Waals surface area contributed by atoms with Gasteiger partial charge < -0.3 is 9.64 Å². The highest BCUT2D eigenvalue weighted by molar-refractivity contribution is 5.97. The molecule has 3 nitrogen and oxygen atoms in total. The van der Waals surface area contributed by atoms with E-state index in [1.807, 2.05) is 4.90 Å². The molecule has 0 spiro atoms. The largest absolute Gasteiger partial charge is 0.496 e. The summed E-state index contributed by atoms with van der Waals surface area (Å²) in [6, 6.07) is 4.49. The second-order valence-corrected chi connectivity index (χ2v) is 6.10. The summed E-state index contributed by atoms with van der Waals surface area (Å²) < 4.78 is 18.8. The van der Waals surface area contributed by atoms with Crippen LogP contribution < -0.4 is 4.74 Å². The third-order valence-electron chi connectivity index (χ3n) is 4.90. The Morgan fingerprint density at radius 3 is 2.81 bits per heavy atom. The number of methoxy groups -OCH3 is 1. The normalized spacial score (nSPS) is 25.3. The minimum atomic E-state index is -0.392. The average Bonchev–Trinajstić information content (AvgIpc) is 2.53. The molecule has 0 N–H and O–H groups in total. The van der Waals surface area contributed by atoms with Crippen LogP contribution in [-0.4, -0.2) is 30.5 Å². The molecule has 1 heterocycles. The number of hydrogen-bond acceptors (Lipinski definition) is 2. The second-order valence-electron chi connectivity index (χ2n) is 6.10. The Balaban J connectivity index is 1.88. The maximum atomic E-state index is 13.5. The molecule has 1 aliphatic heterocycles. The first-order valence-corrected chi connectivity index (χ1v) is 7.85. The van der Waals surface area contributed by atoms with Gasteiger partial charge in [-0.1, -0.05) is 12.8 Å². The van der Waals surface area contributed by atoms with Gasteiger partial charge in [0.25, 0.3) is 5.91 Å². The van der Waals surface area contributed by atoms with Crippen LogP contribution in [-0.2, 0) is 0 Å². The predicted octanol–water partition coefficient (Wildman–Crippen LogP) is 3.63. The number of fused-ring (bicyclic) bond motifs is 1. The van der Waals surface area contributed by atoms with Crippen LogP contribution in [0.4, 0.5) is 4.39 Å². The molecule has 114 valence electrons. The van der Waals surface area contributed by atoms with E-state index >= 15 is 0 Å². The Kier molecular flexibility index (Phi) is 4.13. The lowest BCUT2D eigenvalue weighted by Gasteiger charge is -2.44. The van der Waals surface area contributed by atoms with Crippen molar-refractivity contribution in [2.45, 2.75) is 44.6 Å². The number of ether oxygens (including phenoxy) is 1. The molecule has 2 atom stereocenters. The highest BCUT2D eigenvalue weighted by Crippen LogP contribution is 2.36. The van der Waals surface area contributed by atoms with E-state index in [0.29, 0.717) is 23.3 Å². The quantitative estimate of drug-likeness (QED) is 0.832. The first kappa shape index (κ1) is 14.4. The summed E-state index contributed by atoms with van der Waals surface area (Å²) in [5, 5.41) is 0. The van der Waals surface area contributed by atoms with Crippen LogP contribution >= 0.6 is 0 Å². The predicted molar refractivity (Wildman–Crippen MR) is 79.0 cm³/mol. The molecular formula is C17H22FNO2. The van der Waals surface area contributed by atoms with Crippen LogP contribution in [0.2, 0.25) is 0 Å². The van der Waals surface area contributed by atoms with Crippen molar-refractivity contribution < 1.29 is 13.9 Å². The molecule has 21 heavy (non-hydrogen) atoms. The molecule has 3 rings (SSSR count). The van der Waals surface area contributed by atoms with Gasteiger partial charge in [-0.3, -0.25) is 4.79 Å². The highest BCUT2D eigenvalue weighted by atomic mass is 19.1. The Bertz CT molecular complexity index is 530. The molecule has 2 unspecified atom stereocenters. The molecule has 1 aliphatic carbocycles. The zero-order chi connectivity index (χ0) is 14.8. The summed E-state index contributed by atoms with van der Waals surface area (Å²) in [6.45, 7) is 0.777. The van der Waals surface area contributed by atoms with Gasteiger partial charge in [0.2, 0.25) is 0 Å². The van der Waals surface area contributed by atoms with E-state index in [2.05, 4.69) is 0 Å². The van der Waals surface area contributed by atoms with Crippen LogP contribution in [0, 0.1) is 11.7 Å². The van der Waals surface area contributed by atoms with Crippen molar-refractivity contribution in [2.24, 2.45) is 5.92 Å². The number of rotatable bonds is 2. The number of benzene rings is 1. The monoisotopic (exact) mass is 291 g/mol. The van der Waals surface area contributed by atoms with Crippen molar-refractivity contribution >= 4 is 5.91 Å². The van der Waals surface area contributed by atoms with Crippen LogP contribution in [0.1, 0.15) is 48.9 Å². The van der Waals surface area contributed by atoms with E-state index in [0.717, 1.165) is 19.4 Å². The summed E-state index contributed by atoms with van der Waals surface area (Å²) in [4.78, 5) is 14.8. The number of carbonyl (C=O) groups is 1. The van der Waals surface area contributed by atoms with Crippen LogP contribution in [0.15, 0.2) is 18.2 Å². The molecule has 1 aromatic carbocycles. The standard InChI is InChI=1S/C17H22FNO2/c1-21-16-9-8-13(18)11-14(16)17(20)19-10-4-6-12-5-2-3-7-15(12)19/h8-9,11-12,15H,2-7,10H2,1H3. The van der Waals surface area contributed by atoms with E-state index < -0.39 is 5.82 Å². The number of nitrogens with zero attached hydrogens (tertiary/aromatic N) is 1. The maximum absolute atomic E-state index is 13.5. The zero-order valence-corrected chi connectivity index (χ0v) is 12.5. The van der Waals surface area contributed by atoms with E-state index in [1.165, 1.54) is 51.0 Å². The van der Waals surface area contributed by atoms with E-state index in [4.69, 9.17) is 4.74 Å². The zero-order valence-electron chi connectivity index (χ0n) is 12.5. The molecule has 0 aromatic heterocycles. The summed E-state index contributed by atoms with van der Waals surface area (Å²) in [5.74, 6) is 0.606. The first-order chi connectivity index (χ1) is 10.2. The third-order valence-corrected chi connectivity index (χ3v) is 4.90. The lowest BCUT2D eigenvalue weighted by Crippen LogP contribution is -2.49. The number of amides is 1. The second kappa shape index (κ2) is 6.04. The molecule has 0 radical (unpaired) electrons. The lowest BCUT2D eigenvalue weighted by atomic mass is 9.78. The molecule has 0 bridgehead atoms. The lowest BCUT2D eigenvalue weighted by molar-refractivity contribution is 0.0387. The first-order valence-electron chi connectivity index (χ1n) is 7.85. The minimum absolute atomic E-state index is 0.0806. The van der Waals surface area contributed by atoms with E-state index in [1.54, 1.807) is 0 Å². The van der Waals surface area contributed by atoms with Gasteiger partial charge in [-0.05, 0) is 49.8 Å². The van der Waals surface area contributed by atoms with E-state index in [9.17, 15) is 9.18 Å². The Hall–Kier alpha value is -1.58. The third kappa shape index (κ3) is 2.76. The smallest absolute Gasteiger partial charge is 0.257 e. The number of piperidine rings is 1. The number of halogens is 1. The van der Waals surface area contributed by atoms with Crippen molar-refractivity contribution in [3.8, 4) is 5.75 Å². The summed E-state index contributed by atoms with van der Waals surface area (Å²) in [7, 11) is 1.52. The minimum Gasteiger partial charge on any atom is -0.496 e. The van der Waals surface area contributed by atoms with Gasteiger partial charge in [-0.15, -0.1) is 0 Å². The topological polar surface area (TPSA) is 29.5 Å². The van der Waals surface area contributed by atoms with E-state index in [-0.39, 0.29) is 5.91 Å². The molecule has 1 saturated carbocycles. The molecule has 1 aromatic rings. The SMILES string of the molecule is COc1ccc(F)cc1C(=O)N1CCCC2CCCCC21. The van der Waals surface area contributed by atoms with Gasteiger partial charge in [0, 0.05) is 12.6 Å². The van der Waals surface area contributed by atoms with Gasteiger partial charge in [0.05, 0.1) is 12.7 Å². The fourth-order valence-electron chi connectivity index (χ4n) is 3.88. The number of likely N-dealkylation sites (tertiary alicyclic amines) is 1. The van der Waals surface area contributed by atoms with Crippen molar-refractivity contribution in [1.82, 2.24) is 4.90 Å². The Morgan fingerprint density at radius 2 is 2.00 bits per heavy atom. The molecule has 4 heteroatoms. The fraction of sp³-hybridized carbons (Fsp3) is 0.588. The van der Waals surface area contributed by atoms with Crippen molar-refractivity contribution in [1.29, 1.82) is 0 Å². The van der Waals surface area contributed by atoms with Crippen LogP contribution in [0.5, 0.6) is 5.75 Å². The molecule has 1 saturated heterocycles. The number of carbonyl (C=O) groups excluding carboxylic acids is 1. The van der Waals surface area contributed by atoms with Crippen molar-refractivity contribution in [3.05, 3.63) is 29.6 Å². The molecule has 2 fully saturated rings. The van der Waals surface area contributed by atoms with Crippen molar-refractivity contribution in [2.75, 3.05) is 13.7 Å². The average molecular weight is 291 g/mol. The summed E-state index contributed by atoms with van der Waals surface area (Å²) in [5.41, 5.74) is 0.351. The van der Waals surface area contributed by atoms with Gasteiger partial charge in [0.1, 0.15) is 11.6 Å². The van der Waals surface area contributed by atoms with Gasteiger partial charge in [0.15, 0.2) is 0 Å². The van der Waals surface area contributed by atoms with Gasteiger partial charge in [-0.25, -0.2) is 4.39 Å². The summed E-state index contributed by atoms with van der Waals surface area (Å²) in [6.07, 6.45) is 7.01. The van der Waals surface area contributed by atoms with Crippen LogP contribution in [0.3, 0.4) is 0 Å². The van der Waals surface area contributed by atoms with Crippen LogP contribution in [0.25, 0.3) is 0 Å². The highest BCUT2D eigenvalue weighted by Gasteiger charge is 2.36. The molecule has 1 amide bonds. The summed E-state index contributed by atoms with van der Waals surface area (Å²) >= 11 is 0. The maximum Gasteiger partial charge on any atom is 0.257 e. The Morgan fingerprint density at radius 1 is 1.24 bits per heavy atom. The van der Waals surface area contributed by atoms with Gasteiger partial charge in [-0.2, -0.15) is 0 Å².